The van der Waals surface area contributed by atoms with Gasteiger partial charge in [-0.05, 0) is 36.8 Å². The van der Waals surface area contributed by atoms with Gasteiger partial charge >= 0.3 is 0 Å². The summed E-state index contributed by atoms with van der Waals surface area (Å²) in [5.74, 6) is 0.606. The first-order chi connectivity index (χ1) is 17.4. The zero-order chi connectivity index (χ0) is 25.8. The second kappa shape index (κ2) is 10.2. The van der Waals surface area contributed by atoms with Crippen molar-refractivity contribution in [1.29, 1.82) is 10.5 Å². The molecule has 0 bridgehead atoms. The zero-order valence-corrected chi connectivity index (χ0v) is 20.5. The van der Waals surface area contributed by atoms with Gasteiger partial charge < -0.3 is 15.0 Å². The molecule has 2 N–H and O–H groups in total. The molecule has 0 unspecified atom stereocenters. The van der Waals surface area contributed by atoms with E-state index in [1.807, 2.05) is 53.3 Å². The standard InChI is InChI=1S/C27H22N6O2S/c1-4-13-32-23(18-7-5-17(2)6-8-18)16-36-27(32)31-33-25(19-9-11-20(35-3)12-10-19)21(14-28)24(30)22(15-29)26(33)34/h4-12,16H,1,13,30H2,2-3H3/b31-27-. The summed E-state index contributed by atoms with van der Waals surface area (Å²) in [6, 6.07) is 18.8. The first-order valence-electron chi connectivity index (χ1n) is 10.9. The van der Waals surface area contributed by atoms with E-state index in [0.29, 0.717) is 22.7 Å². The molecule has 4 aromatic rings. The van der Waals surface area contributed by atoms with Crippen molar-refractivity contribution in [1.82, 2.24) is 9.24 Å². The van der Waals surface area contributed by atoms with Crippen molar-refractivity contribution in [3.63, 3.8) is 0 Å². The molecular weight excluding hydrogens is 472 g/mol. The van der Waals surface area contributed by atoms with Crippen LogP contribution in [0.25, 0.3) is 22.5 Å². The molecule has 0 amide bonds. The normalized spacial score (nSPS) is 11.1. The fourth-order valence-electron chi connectivity index (χ4n) is 3.77. The summed E-state index contributed by atoms with van der Waals surface area (Å²) >= 11 is 1.33. The van der Waals surface area contributed by atoms with Crippen LogP contribution >= 0.6 is 11.3 Å². The minimum absolute atomic E-state index is 0.00866. The minimum atomic E-state index is -0.713. The predicted octanol–water partition coefficient (Wildman–Crippen LogP) is 4.24. The molecule has 0 aliphatic heterocycles. The van der Waals surface area contributed by atoms with Crippen molar-refractivity contribution in [3.05, 3.63) is 98.4 Å². The smallest absolute Gasteiger partial charge is 0.291 e. The van der Waals surface area contributed by atoms with Gasteiger partial charge in [-0.15, -0.1) is 23.0 Å². The molecular formula is C27H22N6O2S. The lowest BCUT2D eigenvalue weighted by atomic mass is 10.0. The third kappa shape index (κ3) is 4.31. The Bertz CT molecular complexity index is 1660. The summed E-state index contributed by atoms with van der Waals surface area (Å²) < 4.78 is 8.23. The third-order valence-electron chi connectivity index (χ3n) is 5.62. The Hall–Kier alpha value is -4.86. The minimum Gasteiger partial charge on any atom is -0.497 e. The number of benzene rings is 2. The van der Waals surface area contributed by atoms with E-state index in [1.54, 1.807) is 37.5 Å². The average molecular weight is 495 g/mol. The summed E-state index contributed by atoms with van der Waals surface area (Å²) in [5, 5.41) is 26.2. The van der Waals surface area contributed by atoms with Crippen LogP contribution in [-0.4, -0.2) is 16.4 Å². The summed E-state index contributed by atoms with van der Waals surface area (Å²) in [4.78, 5) is 13.9. The number of pyridine rings is 1. The number of ether oxygens (including phenoxy) is 1. The maximum absolute atomic E-state index is 13.4. The van der Waals surface area contributed by atoms with Crippen LogP contribution in [0.5, 0.6) is 5.75 Å². The molecule has 0 fully saturated rings. The number of rotatable bonds is 6. The van der Waals surface area contributed by atoms with Crippen LogP contribution in [0.4, 0.5) is 5.69 Å². The van der Waals surface area contributed by atoms with Gasteiger partial charge in [0.25, 0.3) is 5.56 Å². The van der Waals surface area contributed by atoms with Gasteiger partial charge in [-0.2, -0.15) is 15.2 Å². The molecule has 0 spiro atoms. The van der Waals surface area contributed by atoms with E-state index in [-0.39, 0.29) is 22.5 Å². The molecule has 2 aromatic carbocycles. The Balaban J connectivity index is 2.07. The fraction of sp³-hybridized carbons (Fsp3) is 0.111. The number of aryl methyl sites for hydroxylation is 1. The molecule has 8 nitrogen and oxygen atoms in total. The molecule has 0 saturated carbocycles. The molecule has 2 heterocycles. The zero-order valence-electron chi connectivity index (χ0n) is 19.7. The fourth-order valence-corrected chi connectivity index (χ4v) is 4.68. The highest BCUT2D eigenvalue weighted by molar-refractivity contribution is 7.07. The highest BCUT2D eigenvalue weighted by Crippen LogP contribution is 2.29. The van der Waals surface area contributed by atoms with Crippen molar-refractivity contribution in [3.8, 4) is 40.4 Å². The van der Waals surface area contributed by atoms with Crippen molar-refractivity contribution in [2.75, 3.05) is 12.8 Å². The lowest BCUT2D eigenvalue weighted by Gasteiger charge is -2.14. The van der Waals surface area contributed by atoms with Gasteiger partial charge in [0, 0.05) is 17.5 Å². The van der Waals surface area contributed by atoms with Crippen LogP contribution in [0.1, 0.15) is 16.7 Å². The highest BCUT2D eigenvalue weighted by atomic mass is 32.1. The Morgan fingerprint density at radius 2 is 1.72 bits per heavy atom. The number of nitriles is 2. The number of anilines is 1. The van der Waals surface area contributed by atoms with E-state index < -0.39 is 5.56 Å². The topological polar surface area (TPSA) is 122 Å². The Kier molecular flexibility index (Phi) is 6.86. The third-order valence-corrected chi connectivity index (χ3v) is 6.48. The first-order valence-corrected chi connectivity index (χ1v) is 11.8. The van der Waals surface area contributed by atoms with Gasteiger partial charge in [-0.1, -0.05) is 35.9 Å². The molecule has 178 valence electrons. The lowest BCUT2D eigenvalue weighted by molar-refractivity contribution is 0.415. The lowest BCUT2D eigenvalue weighted by Crippen LogP contribution is -2.28. The largest absolute Gasteiger partial charge is 0.497 e. The molecule has 2 aromatic heterocycles. The van der Waals surface area contributed by atoms with E-state index in [4.69, 9.17) is 10.5 Å². The van der Waals surface area contributed by atoms with Crippen molar-refractivity contribution in [2.45, 2.75) is 13.5 Å². The maximum Gasteiger partial charge on any atom is 0.291 e. The molecule has 0 atom stereocenters. The number of allylic oxidation sites excluding steroid dienone is 1. The van der Waals surface area contributed by atoms with Gasteiger partial charge in [0.15, 0.2) is 0 Å². The summed E-state index contributed by atoms with van der Waals surface area (Å²) in [5.41, 5.74) is 8.59. The number of nitrogen functional groups attached to an aromatic ring is 1. The van der Waals surface area contributed by atoms with Gasteiger partial charge in [-0.25, -0.2) is 0 Å². The number of aromatic nitrogens is 2. The van der Waals surface area contributed by atoms with Gasteiger partial charge in [0.05, 0.1) is 24.2 Å². The van der Waals surface area contributed by atoms with Crippen LogP contribution in [0.3, 0.4) is 0 Å². The van der Waals surface area contributed by atoms with E-state index in [9.17, 15) is 15.3 Å². The monoisotopic (exact) mass is 494 g/mol. The maximum atomic E-state index is 13.4. The second-order valence-corrected chi connectivity index (χ2v) is 8.69. The van der Waals surface area contributed by atoms with E-state index >= 15 is 0 Å². The van der Waals surface area contributed by atoms with E-state index in [2.05, 4.69) is 11.7 Å². The first kappa shape index (κ1) is 24.3. The number of nitrogens with zero attached hydrogens (tertiary/aromatic N) is 5. The van der Waals surface area contributed by atoms with E-state index in [0.717, 1.165) is 21.5 Å². The summed E-state index contributed by atoms with van der Waals surface area (Å²) in [6.45, 7) is 6.31. The molecule has 9 heteroatoms. The second-order valence-electron chi connectivity index (χ2n) is 7.85. The number of thiazole rings is 1. The summed E-state index contributed by atoms with van der Waals surface area (Å²) in [7, 11) is 1.54. The van der Waals surface area contributed by atoms with Crippen LogP contribution in [0.15, 0.2) is 76.5 Å². The molecule has 4 rings (SSSR count). The van der Waals surface area contributed by atoms with Gasteiger partial charge in [0.2, 0.25) is 4.80 Å². The van der Waals surface area contributed by atoms with Crippen LogP contribution in [0, 0.1) is 29.6 Å². The van der Waals surface area contributed by atoms with Crippen LogP contribution < -0.4 is 20.8 Å². The molecule has 36 heavy (non-hydrogen) atoms. The molecule has 0 aliphatic rings. The Labute approximate surface area is 211 Å². The highest BCUT2D eigenvalue weighted by Gasteiger charge is 2.22. The predicted molar refractivity (Wildman–Crippen MR) is 140 cm³/mol. The van der Waals surface area contributed by atoms with Gasteiger partial charge in [-0.3, -0.25) is 4.79 Å². The molecule has 0 radical (unpaired) electrons. The Morgan fingerprint density at radius 1 is 1.08 bits per heavy atom. The quantitative estimate of drug-likeness (QED) is 0.402. The van der Waals surface area contributed by atoms with Gasteiger partial charge in [0.1, 0.15) is 29.0 Å². The van der Waals surface area contributed by atoms with Crippen molar-refractivity contribution >= 4 is 17.0 Å². The number of hydrogen-bond donors (Lipinski definition) is 1. The van der Waals surface area contributed by atoms with E-state index in [1.165, 1.54) is 11.3 Å². The molecule has 0 aliphatic carbocycles. The summed E-state index contributed by atoms with van der Waals surface area (Å²) in [6.07, 6.45) is 1.74. The number of hydrogen-bond acceptors (Lipinski definition) is 7. The van der Waals surface area contributed by atoms with Crippen LogP contribution in [-0.2, 0) is 6.54 Å². The molecule has 0 saturated heterocycles. The Morgan fingerprint density at radius 3 is 2.31 bits per heavy atom. The van der Waals surface area contributed by atoms with Crippen molar-refractivity contribution < 1.29 is 4.74 Å². The van der Waals surface area contributed by atoms with Crippen molar-refractivity contribution in [2.24, 2.45) is 5.10 Å². The SMILES string of the molecule is C=CCn1c(-c2ccc(C)cc2)cs/c1=N\n1c(-c2ccc(OC)cc2)c(C#N)c(N)c(C#N)c1=O. The van der Waals surface area contributed by atoms with Crippen LogP contribution in [0.2, 0.25) is 0 Å². The number of methoxy groups -OCH3 is 1. The number of nitrogens with two attached hydrogens (primary N) is 1. The average Bonchev–Trinajstić information content (AvgIpc) is 3.28.